The average Bonchev–Trinajstić information content (AvgIpc) is 2.34. The van der Waals surface area contributed by atoms with Gasteiger partial charge in [0.05, 0.1) is 0 Å². The summed E-state index contributed by atoms with van der Waals surface area (Å²) in [5.74, 6) is 0. The summed E-state index contributed by atoms with van der Waals surface area (Å²) in [4.78, 5) is 1.28. The third-order valence-corrected chi connectivity index (χ3v) is 2.28. The van der Waals surface area contributed by atoms with Crippen LogP contribution in [0, 0.1) is 0 Å². The first-order valence-electron chi connectivity index (χ1n) is 3.88. The summed E-state index contributed by atoms with van der Waals surface area (Å²) in [6.07, 6.45) is -0.796. The molecule has 0 bridgehead atoms. The minimum Gasteiger partial charge on any atom is -0.448 e. The molecule has 74 valence electrons. The molecule has 0 saturated carbocycles. The Hall–Kier alpha value is 1.15. The van der Waals surface area contributed by atoms with E-state index in [-0.39, 0.29) is 51.4 Å². The van der Waals surface area contributed by atoms with E-state index in [2.05, 4.69) is 0 Å². The zero-order chi connectivity index (χ0) is 9.90. The number of rotatable bonds is 4. The number of thiophene rings is 1. The average molecular weight is 247 g/mol. The van der Waals surface area contributed by atoms with Gasteiger partial charge in [-0.1, -0.05) is 0 Å². The number of hydrogen-bond acceptors (Lipinski definition) is 2. The fourth-order valence-electron chi connectivity index (χ4n) is 1.11. The summed E-state index contributed by atoms with van der Waals surface area (Å²) in [5.41, 5.74) is 0.938. The molecule has 0 aliphatic heterocycles. The third kappa shape index (κ3) is 6.60. The van der Waals surface area contributed by atoms with Crippen LogP contribution in [0.3, 0.4) is 0 Å². The van der Waals surface area contributed by atoms with Gasteiger partial charge in [-0.15, -0.1) is 0 Å². The van der Waals surface area contributed by atoms with Gasteiger partial charge in [-0.2, -0.15) is 11.3 Å². The van der Waals surface area contributed by atoms with Crippen LogP contribution in [0.15, 0.2) is 16.8 Å². The first-order valence-corrected chi connectivity index (χ1v) is 4.82. The Labute approximate surface area is 128 Å². The molecule has 0 unspecified atom stereocenters. The zero-order valence-corrected chi connectivity index (χ0v) is 12.2. The topological polar surface area (TPSA) is 3.24 Å². The van der Waals surface area contributed by atoms with Gasteiger partial charge in [0.15, 0.2) is 0 Å². The normalized spacial score (nSPS) is 11.5. The van der Waals surface area contributed by atoms with Crippen LogP contribution in [-0.4, -0.2) is 25.4 Å². The maximum Gasteiger partial charge on any atom is 1.00 e. The predicted octanol–water partition coefficient (Wildman–Crippen LogP) is -0.429. The van der Waals surface area contributed by atoms with Gasteiger partial charge in [0.25, 0.3) is 0 Å². The van der Waals surface area contributed by atoms with Crippen LogP contribution in [0.1, 0.15) is 5.56 Å². The van der Waals surface area contributed by atoms with Gasteiger partial charge in [-0.25, -0.2) is 0 Å². The Kier molecular flexibility index (Phi) is 7.22. The van der Waals surface area contributed by atoms with Crippen molar-refractivity contribution < 1.29 is 64.3 Å². The Balaban J connectivity index is 0.00000169. The van der Waals surface area contributed by atoms with Crippen LogP contribution < -0.4 is 51.4 Å². The van der Waals surface area contributed by atoms with Crippen molar-refractivity contribution in [2.24, 2.45) is 0 Å². The largest absolute Gasteiger partial charge is 1.00 e. The van der Waals surface area contributed by atoms with E-state index in [0.29, 0.717) is 6.54 Å². The van der Waals surface area contributed by atoms with Gasteiger partial charge >= 0.3 is 58.4 Å². The summed E-state index contributed by atoms with van der Waals surface area (Å²) in [7, 11) is 1.48. The molecule has 0 N–H and O–H groups in total. The molecule has 1 aromatic heterocycles. The van der Waals surface area contributed by atoms with Gasteiger partial charge in [0.1, 0.15) is 0 Å². The molecule has 0 radical (unpaired) electrons. The molecule has 1 heterocycles. The van der Waals surface area contributed by atoms with E-state index in [0.717, 1.165) is 5.56 Å². The van der Waals surface area contributed by atoms with Crippen LogP contribution in [0.25, 0.3) is 0 Å². The number of halogens is 3. The molecule has 0 aliphatic rings. The molecule has 0 amide bonds. The van der Waals surface area contributed by atoms with Crippen molar-refractivity contribution in [3.8, 4) is 0 Å². The van der Waals surface area contributed by atoms with Crippen LogP contribution in [0.4, 0.5) is 12.9 Å². The predicted molar refractivity (Wildman–Crippen MR) is 49.7 cm³/mol. The Morgan fingerprint density at radius 1 is 1.43 bits per heavy atom. The van der Waals surface area contributed by atoms with Crippen LogP contribution in [0.5, 0.6) is 0 Å². The SMILES string of the molecule is CN(Cc1ccsc1)C[B-](F)(F)F.[K+]. The molecular formula is C7H10BF3KNS. The fourth-order valence-corrected chi connectivity index (χ4v) is 1.77. The molecule has 0 fully saturated rings. The third-order valence-electron chi connectivity index (χ3n) is 1.55. The first-order chi connectivity index (χ1) is 5.97. The van der Waals surface area contributed by atoms with Gasteiger partial charge < -0.3 is 17.8 Å². The first kappa shape index (κ1) is 15.2. The molecule has 0 spiro atoms. The second-order valence-electron chi connectivity index (χ2n) is 3.04. The van der Waals surface area contributed by atoms with Crippen LogP contribution in [-0.2, 0) is 6.54 Å². The maximum atomic E-state index is 12.0. The molecule has 1 rings (SSSR count). The second kappa shape index (κ2) is 6.67. The van der Waals surface area contributed by atoms with Crippen molar-refractivity contribution >= 4 is 18.3 Å². The maximum absolute atomic E-state index is 12.0. The van der Waals surface area contributed by atoms with Gasteiger partial charge in [-0.3, -0.25) is 0 Å². The van der Waals surface area contributed by atoms with Crippen molar-refractivity contribution in [3.05, 3.63) is 22.4 Å². The minimum atomic E-state index is -4.70. The van der Waals surface area contributed by atoms with Crippen LogP contribution >= 0.6 is 11.3 Å². The molecule has 0 aromatic carbocycles. The van der Waals surface area contributed by atoms with E-state index in [1.165, 1.54) is 23.3 Å². The van der Waals surface area contributed by atoms with E-state index in [1.54, 1.807) is 0 Å². The number of nitrogens with zero attached hydrogens (tertiary/aromatic N) is 1. The number of hydrogen-bond donors (Lipinski definition) is 0. The Morgan fingerprint density at radius 2 is 2.07 bits per heavy atom. The summed E-state index contributed by atoms with van der Waals surface area (Å²) < 4.78 is 35.9. The molecule has 0 saturated heterocycles. The standard InChI is InChI=1S/C7H10BF3NS.K/c1-12(6-8(9,10)11)4-7-2-3-13-5-7;/h2-3,5H,4,6H2,1H3;/q-1;+1. The monoisotopic (exact) mass is 247 g/mol. The molecule has 0 aliphatic carbocycles. The second-order valence-corrected chi connectivity index (χ2v) is 3.82. The molecule has 1 aromatic rings. The smallest absolute Gasteiger partial charge is 0.448 e. The van der Waals surface area contributed by atoms with Crippen molar-refractivity contribution in [3.63, 3.8) is 0 Å². The molecule has 0 atom stereocenters. The van der Waals surface area contributed by atoms with Crippen molar-refractivity contribution in [1.29, 1.82) is 0 Å². The van der Waals surface area contributed by atoms with E-state index in [9.17, 15) is 12.9 Å². The van der Waals surface area contributed by atoms with E-state index in [1.807, 2.05) is 16.8 Å². The van der Waals surface area contributed by atoms with E-state index in [4.69, 9.17) is 0 Å². The van der Waals surface area contributed by atoms with E-state index < -0.39 is 13.4 Å². The fraction of sp³-hybridized carbons (Fsp3) is 0.429. The van der Waals surface area contributed by atoms with Gasteiger partial charge in [0.2, 0.25) is 0 Å². The molecular weight excluding hydrogens is 237 g/mol. The Bertz CT molecular complexity index is 252. The molecule has 14 heavy (non-hydrogen) atoms. The Morgan fingerprint density at radius 3 is 2.50 bits per heavy atom. The summed E-state index contributed by atoms with van der Waals surface area (Å²) in [6, 6.07) is 1.84. The zero-order valence-electron chi connectivity index (χ0n) is 8.21. The van der Waals surface area contributed by atoms with Crippen molar-refractivity contribution in [2.75, 3.05) is 13.5 Å². The summed E-state index contributed by atoms with van der Waals surface area (Å²) >= 11 is 1.50. The quantitative estimate of drug-likeness (QED) is 0.653. The van der Waals surface area contributed by atoms with Crippen molar-refractivity contribution in [2.45, 2.75) is 6.54 Å². The van der Waals surface area contributed by atoms with E-state index >= 15 is 0 Å². The van der Waals surface area contributed by atoms with Gasteiger partial charge in [0, 0.05) is 6.54 Å². The van der Waals surface area contributed by atoms with Crippen LogP contribution in [0.2, 0.25) is 0 Å². The molecule has 7 heteroatoms. The van der Waals surface area contributed by atoms with Crippen molar-refractivity contribution in [1.82, 2.24) is 4.90 Å². The molecule has 1 nitrogen and oxygen atoms in total. The van der Waals surface area contributed by atoms with Gasteiger partial charge in [-0.05, 0) is 35.9 Å². The summed E-state index contributed by atoms with van der Waals surface area (Å²) in [5, 5.41) is 3.72. The minimum absolute atomic E-state index is 0. The summed E-state index contributed by atoms with van der Waals surface area (Å²) in [6.45, 7) is -4.33.